The molecule has 1 saturated carbocycles. The smallest absolute Gasteiger partial charge is 0.164 e. The Bertz CT molecular complexity index is 905. The molecule has 0 amide bonds. The summed E-state index contributed by atoms with van der Waals surface area (Å²) in [7, 11) is 1.92. The molecule has 0 bridgehead atoms. The first-order valence-electron chi connectivity index (χ1n) is 8.43. The van der Waals surface area contributed by atoms with E-state index in [0.29, 0.717) is 11.1 Å². The van der Waals surface area contributed by atoms with Crippen LogP contribution in [0.15, 0.2) is 48.8 Å². The van der Waals surface area contributed by atoms with Gasteiger partial charge in [-0.15, -0.1) is 10.2 Å². The summed E-state index contributed by atoms with van der Waals surface area (Å²) in [6.45, 7) is 0. The highest BCUT2D eigenvalue weighted by atomic mass is 35.5. The van der Waals surface area contributed by atoms with Crippen LogP contribution in [-0.2, 0) is 7.05 Å². The molecule has 2 aromatic carbocycles. The van der Waals surface area contributed by atoms with Crippen LogP contribution in [0.25, 0.3) is 22.5 Å². The molecule has 1 aromatic heterocycles. The molecule has 127 valence electrons. The topological polar surface area (TPSA) is 50.9 Å². The van der Waals surface area contributed by atoms with Crippen LogP contribution in [0.1, 0.15) is 30.7 Å². The summed E-state index contributed by atoms with van der Waals surface area (Å²) in [5.74, 6) is 0.867. The fourth-order valence-corrected chi connectivity index (χ4v) is 3.84. The first kappa shape index (κ1) is 16.3. The summed E-state index contributed by atoms with van der Waals surface area (Å²) in [5, 5.41) is 19.2. The van der Waals surface area contributed by atoms with Crippen LogP contribution in [-0.4, -0.2) is 19.9 Å². The normalized spacial score (nSPS) is 18.0. The highest BCUT2D eigenvalue weighted by Crippen LogP contribution is 2.44. The lowest BCUT2D eigenvalue weighted by molar-refractivity contribution is 0.278. The van der Waals surface area contributed by atoms with Gasteiger partial charge in [0.05, 0.1) is 0 Å². The summed E-state index contributed by atoms with van der Waals surface area (Å²) >= 11 is 6.26. The molecule has 1 aliphatic carbocycles. The number of nitrogens with zero attached hydrogens (tertiary/aromatic N) is 3. The van der Waals surface area contributed by atoms with E-state index >= 15 is 0 Å². The van der Waals surface area contributed by atoms with Crippen molar-refractivity contribution in [3.8, 4) is 22.5 Å². The Balaban J connectivity index is 1.91. The predicted octanol–water partition coefficient (Wildman–Crippen LogP) is 4.97. The molecule has 4 nitrogen and oxygen atoms in total. The fraction of sp³-hybridized carbons (Fsp3) is 0.250. The Kier molecular flexibility index (Phi) is 4.32. The van der Waals surface area contributed by atoms with Gasteiger partial charge in [-0.1, -0.05) is 41.9 Å². The van der Waals surface area contributed by atoms with Gasteiger partial charge in [-0.2, -0.15) is 0 Å². The van der Waals surface area contributed by atoms with Crippen LogP contribution in [0.3, 0.4) is 0 Å². The Hall–Kier alpha value is -2.17. The van der Waals surface area contributed by atoms with E-state index in [1.807, 2.05) is 41.9 Å². The number of benzene rings is 2. The molecule has 3 aromatic rings. The maximum absolute atomic E-state index is 10.3. The van der Waals surface area contributed by atoms with Gasteiger partial charge in [-0.25, -0.2) is 0 Å². The minimum Gasteiger partial charge on any atom is -0.386 e. The molecule has 0 saturated heterocycles. The lowest BCUT2D eigenvalue weighted by atomic mass is 9.86. The average Bonchev–Trinajstić information content (AvgIpc) is 3.23. The molecule has 1 heterocycles. The van der Waals surface area contributed by atoms with E-state index in [1.165, 1.54) is 0 Å². The summed E-state index contributed by atoms with van der Waals surface area (Å²) in [5.41, 5.74) is 4.26. The standard InChI is InChI=1S/C20H19ClN3O/c1-24-12-22-23-20(24)18-11-13(21)9-10-16(18)14-5-2-3-6-15(14)17-7-4-8-19(17)25/h2-3,5-6,9-12,17,25H,4,7-8H2,1H3. The maximum Gasteiger partial charge on any atom is 0.164 e. The minimum atomic E-state index is 0.0965. The van der Waals surface area contributed by atoms with E-state index in [9.17, 15) is 5.11 Å². The number of halogens is 1. The van der Waals surface area contributed by atoms with Crippen molar-refractivity contribution in [2.24, 2.45) is 7.05 Å². The number of aromatic nitrogens is 3. The highest BCUT2D eigenvalue weighted by Gasteiger charge is 2.30. The van der Waals surface area contributed by atoms with Crippen LogP contribution < -0.4 is 0 Å². The molecule has 5 heteroatoms. The number of aliphatic hydroxyl groups is 1. The van der Waals surface area contributed by atoms with Gasteiger partial charge in [0, 0.05) is 23.6 Å². The van der Waals surface area contributed by atoms with Gasteiger partial charge in [0.25, 0.3) is 0 Å². The molecule has 1 atom stereocenters. The van der Waals surface area contributed by atoms with E-state index in [0.717, 1.165) is 47.3 Å². The van der Waals surface area contributed by atoms with E-state index in [2.05, 4.69) is 22.3 Å². The van der Waals surface area contributed by atoms with Crippen molar-refractivity contribution < 1.29 is 5.11 Å². The van der Waals surface area contributed by atoms with Gasteiger partial charge in [0.1, 0.15) is 12.4 Å². The molecular formula is C20H19ClN3O. The number of aliphatic hydroxyl groups excluding tert-OH is 1. The van der Waals surface area contributed by atoms with Gasteiger partial charge in [-0.05, 0) is 48.1 Å². The third kappa shape index (κ3) is 2.96. The van der Waals surface area contributed by atoms with Gasteiger partial charge in [0.2, 0.25) is 0 Å². The first-order valence-corrected chi connectivity index (χ1v) is 8.81. The van der Waals surface area contributed by atoms with E-state index in [-0.39, 0.29) is 5.92 Å². The molecule has 1 N–H and O–H groups in total. The van der Waals surface area contributed by atoms with Crippen molar-refractivity contribution in [2.45, 2.75) is 25.2 Å². The minimum absolute atomic E-state index is 0.0965. The Morgan fingerprint density at radius 1 is 1.12 bits per heavy atom. The van der Waals surface area contributed by atoms with Gasteiger partial charge in [-0.3, -0.25) is 0 Å². The lowest BCUT2D eigenvalue weighted by Gasteiger charge is -2.20. The monoisotopic (exact) mass is 352 g/mol. The number of rotatable bonds is 3. The van der Waals surface area contributed by atoms with Gasteiger partial charge in [0.15, 0.2) is 5.82 Å². The summed E-state index contributed by atoms with van der Waals surface area (Å²) in [4.78, 5) is 0. The van der Waals surface area contributed by atoms with Crippen molar-refractivity contribution in [3.05, 3.63) is 65.5 Å². The van der Waals surface area contributed by atoms with Crippen LogP contribution in [0, 0.1) is 6.10 Å². The second kappa shape index (κ2) is 6.62. The number of hydrogen-bond acceptors (Lipinski definition) is 3. The zero-order chi connectivity index (χ0) is 17.4. The van der Waals surface area contributed by atoms with Crippen molar-refractivity contribution in [1.82, 2.24) is 14.8 Å². The number of aryl methyl sites for hydroxylation is 1. The number of hydrogen-bond donors (Lipinski definition) is 1. The molecule has 4 rings (SSSR count). The summed E-state index contributed by atoms with van der Waals surface area (Å²) < 4.78 is 1.89. The molecule has 1 fully saturated rings. The van der Waals surface area contributed by atoms with E-state index < -0.39 is 0 Å². The quantitative estimate of drug-likeness (QED) is 0.723. The lowest BCUT2D eigenvalue weighted by Crippen LogP contribution is -2.05. The van der Waals surface area contributed by atoms with Crippen molar-refractivity contribution in [2.75, 3.05) is 0 Å². The van der Waals surface area contributed by atoms with Gasteiger partial charge < -0.3 is 9.67 Å². The van der Waals surface area contributed by atoms with Crippen LogP contribution >= 0.6 is 11.6 Å². The van der Waals surface area contributed by atoms with Crippen LogP contribution in [0.4, 0.5) is 0 Å². The summed E-state index contributed by atoms with van der Waals surface area (Å²) in [6.07, 6.45) is 5.07. The second-order valence-corrected chi connectivity index (χ2v) is 6.92. The summed E-state index contributed by atoms with van der Waals surface area (Å²) in [6, 6.07) is 14.1. The highest BCUT2D eigenvalue weighted by molar-refractivity contribution is 6.31. The SMILES string of the molecule is Cn1cnnc1-c1cc(Cl)ccc1-c1ccccc1C1CCC[C]1O. The molecule has 0 spiro atoms. The van der Waals surface area contributed by atoms with Crippen molar-refractivity contribution >= 4 is 11.6 Å². The van der Waals surface area contributed by atoms with Crippen molar-refractivity contribution in [1.29, 1.82) is 0 Å². The van der Waals surface area contributed by atoms with Crippen LogP contribution in [0.2, 0.25) is 5.02 Å². The third-order valence-corrected chi connectivity index (χ3v) is 5.12. The third-order valence-electron chi connectivity index (χ3n) is 4.89. The van der Waals surface area contributed by atoms with Gasteiger partial charge >= 0.3 is 0 Å². The zero-order valence-corrected chi connectivity index (χ0v) is 14.7. The Morgan fingerprint density at radius 3 is 2.68 bits per heavy atom. The molecule has 0 aliphatic heterocycles. The average molecular weight is 353 g/mol. The van der Waals surface area contributed by atoms with Crippen molar-refractivity contribution in [3.63, 3.8) is 0 Å². The first-order chi connectivity index (χ1) is 12.1. The van der Waals surface area contributed by atoms with E-state index in [1.54, 1.807) is 6.33 Å². The Labute approximate surface area is 152 Å². The maximum atomic E-state index is 10.3. The zero-order valence-electron chi connectivity index (χ0n) is 14.0. The second-order valence-electron chi connectivity index (χ2n) is 6.48. The predicted molar refractivity (Wildman–Crippen MR) is 98.7 cm³/mol. The molecule has 1 aliphatic rings. The molecule has 1 radical (unpaired) electrons. The fourth-order valence-electron chi connectivity index (χ4n) is 3.67. The molecule has 25 heavy (non-hydrogen) atoms. The molecule has 1 unspecified atom stereocenters. The molecular weight excluding hydrogens is 334 g/mol. The Morgan fingerprint density at radius 2 is 1.96 bits per heavy atom. The van der Waals surface area contributed by atoms with E-state index in [4.69, 9.17) is 11.6 Å². The van der Waals surface area contributed by atoms with Crippen LogP contribution in [0.5, 0.6) is 0 Å². The largest absolute Gasteiger partial charge is 0.386 e.